The van der Waals surface area contributed by atoms with Crippen LogP contribution < -0.4 is 5.32 Å². The van der Waals surface area contributed by atoms with E-state index in [0.717, 1.165) is 19.3 Å². The molecule has 1 N–H and O–H groups in total. The second kappa shape index (κ2) is 4.70. The SMILES string of the molecule is CC1CCC(Nc2ccc(C#N)c(F)c2F)C1. The quantitative estimate of drug-likeness (QED) is 0.853. The fourth-order valence-electron chi connectivity index (χ4n) is 2.31. The van der Waals surface area contributed by atoms with Gasteiger partial charge in [0, 0.05) is 6.04 Å². The van der Waals surface area contributed by atoms with Crippen LogP contribution in [0.25, 0.3) is 0 Å². The van der Waals surface area contributed by atoms with Crippen molar-refractivity contribution in [3.05, 3.63) is 29.3 Å². The normalized spacial score (nSPS) is 23.4. The summed E-state index contributed by atoms with van der Waals surface area (Å²) in [6.45, 7) is 2.15. The summed E-state index contributed by atoms with van der Waals surface area (Å²) < 4.78 is 27.0. The topological polar surface area (TPSA) is 35.8 Å². The summed E-state index contributed by atoms with van der Waals surface area (Å²) in [6, 6.07) is 4.56. The predicted octanol–water partition coefficient (Wildman–Crippen LogP) is 3.44. The molecule has 0 spiro atoms. The summed E-state index contributed by atoms with van der Waals surface area (Å²) in [5.74, 6) is -1.40. The van der Waals surface area contributed by atoms with Crippen LogP contribution in [-0.4, -0.2) is 6.04 Å². The van der Waals surface area contributed by atoms with E-state index in [1.165, 1.54) is 12.1 Å². The Labute approximate surface area is 99.3 Å². The minimum atomic E-state index is -1.07. The van der Waals surface area contributed by atoms with Crippen molar-refractivity contribution in [1.29, 1.82) is 5.26 Å². The Kier molecular flexibility index (Phi) is 3.28. The van der Waals surface area contributed by atoms with Gasteiger partial charge in [-0.15, -0.1) is 0 Å². The zero-order valence-electron chi connectivity index (χ0n) is 9.63. The summed E-state index contributed by atoms with van der Waals surface area (Å²) in [7, 11) is 0. The van der Waals surface area contributed by atoms with E-state index >= 15 is 0 Å². The number of anilines is 1. The fraction of sp³-hybridized carbons (Fsp3) is 0.462. The van der Waals surface area contributed by atoms with E-state index in [1.807, 2.05) is 0 Å². The number of nitriles is 1. The number of hydrogen-bond acceptors (Lipinski definition) is 2. The van der Waals surface area contributed by atoms with Gasteiger partial charge in [0.05, 0.1) is 11.3 Å². The van der Waals surface area contributed by atoms with Crippen molar-refractivity contribution >= 4 is 5.69 Å². The summed E-state index contributed by atoms with van der Waals surface area (Å²) in [5.41, 5.74) is -0.103. The zero-order valence-corrected chi connectivity index (χ0v) is 9.63. The van der Waals surface area contributed by atoms with Crippen LogP contribution in [0, 0.1) is 28.9 Å². The Balaban J connectivity index is 2.17. The largest absolute Gasteiger partial charge is 0.380 e. The number of nitrogens with zero attached hydrogens (tertiary/aromatic N) is 1. The molecule has 1 aliphatic carbocycles. The molecule has 0 saturated heterocycles. The van der Waals surface area contributed by atoms with E-state index in [-0.39, 0.29) is 17.3 Å². The zero-order chi connectivity index (χ0) is 12.4. The van der Waals surface area contributed by atoms with E-state index in [0.29, 0.717) is 5.92 Å². The molecule has 17 heavy (non-hydrogen) atoms. The first-order valence-corrected chi connectivity index (χ1v) is 5.76. The Bertz CT molecular complexity index is 465. The second-order valence-corrected chi connectivity index (χ2v) is 4.66. The molecule has 1 aromatic rings. The van der Waals surface area contributed by atoms with Crippen molar-refractivity contribution in [2.45, 2.75) is 32.2 Å². The van der Waals surface area contributed by atoms with Gasteiger partial charge in [0.2, 0.25) is 0 Å². The molecule has 1 saturated carbocycles. The van der Waals surface area contributed by atoms with Gasteiger partial charge in [-0.1, -0.05) is 6.92 Å². The van der Waals surface area contributed by atoms with Crippen LogP contribution in [0.15, 0.2) is 12.1 Å². The van der Waals surface area contributed by atoms with Crippen LogP contribution in [-0.2, 0) is 0 Å². The second-order valence-electron chi connectivity index (χ2n) is 4.66. The van der Waals surface area contributed by atoms with E-state index in [2.05, 4.69) is 12.2 Å². The third-order valence-electron chi connectivity index (χ3n) is 3.26. The van der Waals surface area contributed by atoms with Gasteiger partial charge in [-0.2, -0.15) is 5.26 Å². The third kappa shape index (κ3) is 2.38. The van der Waals surface area contributed by atoms with Gasteiger partial charge in [0.25, 0.3) is 0 Å². The number of benzene rings is 1. The molecule has 1 aliphatic rings. The van der Waals surface area contributed by atoms with E-state index in [1.54, 1.807) is 6.07 Å². The lowest BCUT2D eigenvalue weighted by Gasteiger charge is -2.15. The van der Waals surface area contributed by atoms with Crippen LogP contribution >= 0.6 is 0 Å². The lowest BCUT2D eigenvalue weighted by molar-refractivity contribution is 0.506. The minimum Gasteiger partial charge on any atom is -0.380 e. The monoisotopic (exact) mass is 236 g/mol. The first-order valence-electron chi connectivity index (χ1n) is 5.76. The van der Waals surface area contributed by atoms with Crippen LogP contribution in [0.1, 0.15) is 31.7 Å². The lowest BCUT2D eigenvalue weighted by Crippen LogP contribution is -2.16. The number of hydrogen-bond donors (Lipinski definition) is 1. The summed E-state index contributed by atoms with van der Waals surface area (Å²) >= 11 is 0. The van der Waals surface area contributed by atoms with Crippen molar-refractivity contribution in [1.82, 2.24) is 0 Å². The molecule has 0 amide bonds. The standard InChI is InChI=1S/C13H14F2N2/c1-8-2-4-10(6-8)17-11-5-3-9(7-16)12(14)13(11)15/h3,5,8,10,17H,2,4,6H2,1H3. The van der Waals surface area contributed by atoms with Crippen molar-refractivity contribution in [3.63, 3.8) is 0 Å². The number of rotatable bonds is 2. The smallest absolute Gasteiger partial charge is 0.183 e. The molecule has 2 atom stereocenters. The average molecular weight is 236 g/mol. The molecule has 4 heteroatoms. The fourth-order valence-corrected chi connectivity index (χ4v) is 2.31. The van der Waals surface area contributed by atoms with Crippen molar-refractivity contribution < 1.29 is 8.78 Å². The predicted molar refractivity (Wildman–Crippen MR) is 61.5 cm³/mol. The molecule has 2 nitrogen and oxygen atoms in total. The van der Waals surface area contributed by atoms with Gasteiger partial charge < -0.3 is 5.32 Å². The Morgan fingerprint density at radius 3 is 2.65 bits per heavy atom. The highest BCUT2D eigenvalue weighted by Gasteiger charge is 2.23. The number of halogens is 2. The van der Waals surface area contributed by atoms with Gasteiger partial charge in [0.1, 0.15) is 6.07 Å². The van der Waals surface area contributed by atoms with Crippen LogP contribution in [0.2, 0.25) is 0 Å². The van der Waals surface area contributed by atoms with Gasteiger partial charge >= 0.3 is 0 Å². The van der Waals surface area contributed by atoms with E-state index in [4.69, 9.17) is 5.26 Å². The molecule has 2 rings (SSSR count). The maximum absolute atomic E-state index is 13.6. The molecule has 1 aromatic carbocycles. The molecule has 0 bridgehead atoms. The maximum Gasteiger partial charge on any atom is 0.183 e. The van der Waals surface area contributed by atoms with Crippen molar-refractivity contribution in [3.8, 4) is 6.07 Å². The van der Waals surface area contributed by atoms with Gasteiger partial charge in [-0.3, -0.25) is 0 Å². The molecule has 2 unspecified atom stereocenters. The Morgan fingerprint density at radius 2 is 2.06 bits per heavy atom. The molecule has 0 aromatic heterocycles. The van der Waals surface area contributed by atoms with Crippen molar-refractivity contribution in [2.75, 3.05) is 5.32 Å². The van der Waals surface area contributed by atoms with Gasteiger partial charge in [-0.25, -0.2) is 8.78 Å². The summed E-state index contributed by atoms with van der Waals surface area (Å²) in [6.07, 6.45) is 3.06. The van der Waals surface area contributed by atoms with Crippen molar-refractivity contribution in [2.24, 2.45) is 5.92 Å². The van der Waals surface area contributed by atoms with E-state index in [9.17, 15) is 8.78 Å². The minimum absolute atomic E-state index is 0.153. The molecular weight excluding hydrogens is 222 g/mol. The van der Waals surface area contributed by atoms with Crippen LogP contribution in [0.3, 0.4) is 0 Å². The Morgan fingerprint density at radius 1 is 1.29 bits per heavy atom. The van der Waals surface area contributed by atoms with Crippen LogP contribution in [0.5, 0.6) is 0 Å². The average Bonchev–Trinajstić information content (AvgIpc) is 2.71. The van der Waals surface area contributed by atoms with Gasteiger partial charge in [-0.05, 0) is 37.3 Å². The van der Waals surface area contributed by atoms with Crippen LogP contribution in [0.4, 0.5) is 14.5 Å². The van der Waals surface area contributed by atoms with E-state index < -0.39 is 11.6 Å². The lowest BCUT2D eigenvalue weighted by atomic mass is 10.1. The first kappa shape index (κ1) is 11.8. The summed E-state index contributed by atoms with van der Waals surface area (Å²) in [4.78, 5) is 0. The summed E-state index contributed by atoms with van der Waals surface area (Å²) in [5, 5.41) is 11.6. The molecule has 0 heterocycles. The molecule has 0 radical (unpaired) electrons. The molecule has 0 aliphatic heterocycles. The third-order valence-corrected chi connectivity index (χ3v) is 3.26. The highest BCUT2D eigenvalue weighted by molar-refractivity contribution is 5.50. The highest BCUT2D eigenvalue weighted by Crippen LogP contribution is 2.29. The highest BCUT2D eigenvalue weighted by atomic mass is 19.2. The maximum atomic E-state index is 13.6. The Hall–Kier alpha value is -1.63. The molecule has 1 fully saturated rings. The number of nitrogens with one attached hydrogen (secondary N) is 1. The molecule has 90 valence electrons. The first-order chi connectivity index (χ1) is 8.11. The molecular formula is C13H14F2N2. The van der Waals surface area contributed by atoms with Gasteiger partial charge in [0.15, 0.2) is 11.6 Å².